The summed E-state index contributed by atoms with van der Waals surface area (Å²) in [5.74, 6) is 0.250. The van der Waals surface area contributed by atoms with Crippen LogP contribution in [0.25, 0.3) is 0 Å². The standard InChI is InChI=1S/C22H27F3N4O3S/c1-16-4-5-17(2)19(14-16)33(31,32)27-9-8-21(30)29-11-3-10-28(12-13-29)20-7-6-18(15-26-20)22(23,24)25/h4-7,14-15,27H,3,8-13H2,1-2H3. The molecule has 2 aromatic rings. The van der Waals surface area contributed by atoms with E-state index in [1.807, 2.05) is 17.9 Å². The zero-order valence-electron chi connectivity index (χ0n) is 18.5. The fourth-order valence-electron chi connectivity index (χ4n) is 3.66. The van der Waals surface area contributed by atoms with Crippen LogP contribution in [0.4, 0.5) is 19.0 Å². The summed E-state index contributed by atoms with van der Waals surface area (Å²) in [5.41, 5.74) is 0.652. The highest BCUT2D eigenvalue weighted by Gasteiger charge is 2.31. The highest BCUT2D eigenvalue weighted by atomic mass is 32.2. The van der Waals surface area contributed by atoms with Crippen molar-refractivity contribution in [1.29, 1.82) is 0 Å². The predicted molar refractivity (Wildman–Crippen MR) is 118 cm³/mol. The number of anilines is 1. The van der Waals surface area contributed by atoms with Crippen LogP contribution in [-0.2, 0) is 21.0 Å². The topological polar surface area (TPSA) is 82.6 Å². The molecule has 0 atom stereocenters. The summed E-state index contributed by atoms with van der Waals surface area (Å²) in [6.07, 6.45) is -2.98. The number of sulfonamides is 1. The average molecular weight is 485 g/mol. The van der Waals surface area contributed by atoms with Gasteiger partial charge in [-0.25, -0.2) is 18.1 Å². The van der Waals surface area contributed by atoms with E-state index >= 15 is 0 Å². The van der Waals surface area contributed by atoms with Crippen LogP contribution >= 0.6 is 0 Å². The summed E-state index contributed by atoms with van der Waals surface area (Å²) in [7, 11) is -3.72. The van der Waals surface area contributed by atoms with Gasteiger partial charge in [0.15, 0.2) is 0 Å². The molecule has 1 fully saturated rings. The monoisotopic (exact) mass is 484 g/mol. The second-order valence-electron chi connectivity index (χ2n) is 8.04. The lowest BCUT2D eigenvalue weighted by molar-refractivity contribution is -0.137. The first kappa shape index (κ1) is 25.0. The molecule has 7 nitrogen and oxygen atoms in total. The molecule has 1 aliphatic rings. The van der Waals surface area contributed by atoms with E-state index in [4.69, 9.17) is 0 Å². The Morgan fingerprint density at radius 3 is 2.52 bits per heavy atom. The number of nitrogens with one attached hydrogen (secondary N) is 1. The Morgan fingerprint density at radius 2 is 1.85 bits per heavy atom. The SMILES string of the molecule is Cc1ccc(C)c(S(=O)(=O)NCCC(=O)N2CCCN(c3ccc(C(F)(F)F)cn3)CC2)c1. The Morgan fingerprint density at radius 1 is 1.09 bits per heavy atom. The van der Waals surface area contributed by atoms with Crippen molar-refractivity contribution in [3.05, 3.63) is 53.2 Å². The molecule has 0 saturated carbocycles. The van der Waals surface area contributed by atoms with Crippen LogP contribution in [0, 0.1) is 13.8 Å². The van der Waals surface area contributed by atoms with E-state index < -0.39 is 21.8 Å². The van der Waals surface area contributed by atoms with E-state index in [2.05, 4.69) is 9.71 Å². The van der Waals surface area contributed by atoms with Gasteiger partial charge in [0.2, 0.25) is 15.9 Å². The van der Waals surface area contributed by atoms with Crippen molar-refractivity contribution < 1.29 is 26.4 Å². The molecule has 0 aliphatic carbocycles. The van der Waals surface area contributed by atoms with Crippen LogP contribution in [0.3, 0.4) is 0 Å². The molecule has 180 valence electrons. The van der Waals surface area contributed by atoms with E-state index in [0.29, 0.717) is 44.0 Å². The second-order valence-corrected chi connectivity index (χ2v) is 9.78. The highest BCUT2D eigenvalue weighted by Crippen LogP contribution is 2.29. The molecule has 1 aliphatic heterocycles. The minimum absolute atomic E-state index is 0.0165. The second kappa shape index (κ2) is 10.1. The lowest BCUT2D eigenvalue weighted by Crippen LogP contribution is -2.37. The molecule has 11 heteroatoms. The maximum Gasteiger partial charge on any atom is 0.417 e. The molecule has 0 radical (unpaired) electrons. The Balaban J connectivity index is 1.53. The summed E-state index contributed by atoms with van der Waals surface area (Å²) in [4.78, 5) is 20.2. The van der Waals surface area contributed by atoms with E-state index in [1.54, 1.807) is 24.0 Å². The predicted octanol–water partition coefficient (Wildman–Crippen LogP) is 3.12. The Hall–Kier alpha value is -2.66. The molecule has 1 amide bonds. The number of carbonyl (C=O) groups is 1. The summed E-state index contributed by atoms with van der Waals surface area (Å²) in [5, 5.41) is 0. The van der Waals surface area contributed by atoms with Gasteiger partial charge in [0.25, 0.3) is 0 Å². The molecular weight excluding hydrogens is 457 g/mol. The Kier molecular flexibility index (Phi) is 7.63. The third kappa shape index (κ3) is 6.44. The zero-order valence-corrected chi connectivity index (χ0v) is 19.3. The number of amides is 1. The lowest BCUT2D eigenvalue weighted by atomic mass is 10.2. The number of hydrogen-bond acceptors (Lipinski definition) is 5. The minimum Gasteiger partial charge on any atom is -0.355 e. The summed E-state index contributed by atoms with van der Waals surface area (Å²) >= 11 is 0. The van der Waals surface area contributed by atoms with Crippen molar-refractivity contribution in [3.63, 3.8) is 0 Å². The molecular formula is C22H27F3N4O3S. The molecule has 33 heavy (non-hydrogen) atoms. The van der Waals surface area contributed by atoms with Crippen LogP contribution < -0.4 is 9.62 Å². The lowest BCUT2D eigenvalue weighted by Gasteiger charge is -2.23. The molecule has 1 N–H and O–H groups in total. The molecule has 2 heterocycles. The fraction of sp³-hybridized carbons (Fsp3) is 0.455. The van der Waals surface area contributed by atoms with Crippen LogP contribution in [0.5, 0.6) is 0 Å². The van der Waals surface area contributed by atoms with Gasteiger partial charge in [-0.1, -0.05) is 12.1 Å². The third-order valence-electron chi connectivity index (χ3n) is 5.51. The van der Waals surface area contributed by atoms with Crippen LogP contribution in [-0.4, -0.2) is 56.9 Å². The number of carbonyl (C=O) groups excluding carboxylic acids is 1. The maximum absolute atomic E-state index is 12.7. The van der Waals surface area contributed by atoms with E-state index in [9.17, 15) is 26.4 Å². The fourth-order valence-corrected chi connectivity index (χ4v) is 5.02. The number of aromatic nitrogens is 1. The van der Waals surface area contributed by atoms with Gasteiger partial charge in [0.1, 0.15) is 5.82 Å². The number of halogens is 3. The summed E-state index contributed by atoms with van der Waals surface area (Å²) in [6, 6.07) is 7.50. The van der Waals surface area contributed by atoms with Gasteiger partial charge in [-0.15, -0.1) is 0 Å². The van der Waals surface area contributed by atoms with Crippen LogP contribution in [0.2, 0.25) is 0 Å². The van der Waals surface area contributed by atoms with E-state index in [0.717, 1.165) is 17.8 Å². The van der Waals surface area contributed by atoms with Gasteiger partial charge in [0, 0.05) is 45.3 Å². The minimum atomic E-state index is -4.44. The number of pyridine rings is 1. The summed E-state index contributed by atoms with van der Waals surface area (Å²) in [6.45, 7) is 5.36. The van der Waals surface area contributed by atoms with Crippen LogP contribution in [0.1, 0.15) is 29.5 Å². The van der Waals surface area contributed by atoms with Crippen molar-refractivity contribution in [2.24, 2.45) is 0 Å². The van der Waals surface area contributed by atoms with Gasteiger partial charge >= 0.3 is 6.18 Å². The van der Waals surface area contributed by atoms with Gasteiger partial charge in [0.05, 0.1) is 10.5 Å². The van der Waals surface area contributed by atoms with Crippen molar-refractivity contribution >= 4 is 21.7 Å². The first-order valence-electron chi connectivity index (χ1n) is 10.6. The van der Waals surface area contributed by atoms with Crippen molar-refractivity contribution in [1.82, 2.24) is 14.6 Å². The van der Waals surface area contributed by atoms with Gasteiger partial charge in [-0.2, -0.15) is 13.2 Å². The first-order valence-corrected chi connectivity index (χ1v) is 12.1. The largest absolute Gasteiger partial charge is 0.417 e. The maximum atomic E-state index is 12.7. The molecule has 1 saturated heterocycles. The molecule has 0 spiro atoms. The van der Waals surface area contributed by atoms with Crippen molar-refractivity contribution in [2.45, 2.75) is 37.8 Å². The number of benzene rings is 1. The highest BCUT2D eigenvalue weighted by molar-refractivity contribution is 7.89. The number of rotatable bonds is 6. The summed E-state index contributed by atoms with van der Waals surface area (Å²) < 4.78 is 65.9. The number of nitrogens with zero attached hydrogens (tertiary/aromatic N) is 3. The van der Waals surface area contributed by atoms with E-state index in [1.165, 1.54) is 6.07 Å². The van der Waals surface area contributed by atoms with Gasteiger partial charge in [-0.3, -0.25) is 4.79 Å². The normalized spacial score (nSPS) is 15.4. The smallest absolute Gasteiger partial charge is 0.355 e. The molecule has 1 aromatic carbocycles. The van der Waals surface area contributed by atoms with Gasteiger partial charge < -0.3 is 9.80 Å². The average Bonchev–Trinajstić information content (AvgIpc) is 3.01. The Labute approximate surface area is 191 Å². The number of hydrogen-bond donors (Lipinski definition) is 1. The number of alkyl halides is 3. The van der Waals surface area contributed by atoms with Gasteiger partial charge in [-0.05, 0) is 49.6 Å². The van der Waals surface area contributed by atoms with E-state index in [-0.39, 0.29) is 23.8 Å². The molecule has 3 rings (SSSR count). The molecule has 1 aromatic heterocycles. The Bertz CT molecular complexity index is 1090. The van der Waals surface area contributed by atoms with Crippen LogP contribution in [0.15, 0.2) is 41.4 Å². The van der Waals surface area contributed by atoms with Crippen molar-refractivity contribution in [2.75, 3.05) is 37.6 Å². The molecule has 0 bridgehead atoms. The number of aryl methyl sites for hydroxylation is 2. The first-order chi connectivity index (χ1) is 15.5. The zero-order chi connectivity index (χ0) is 24.2. The van der Waals surface area contributed by atoms with Crippen molar-refractivity contribution in [3.8, 4) is 0 Å². The molecule has 0 unspecified atom stereocenters. The quantitative estimate of drug-likeness (QED) is 0.681. The third-order valence-corrected chi connectivity index (χ3v) is 7.11.